The number of nitrogens with one attached hydrogen (secondary N) is 2. The maximum Gasteiger partial charge on any atom is 0.261 e. The van der Waals surface area contributed by atoms with Crippen LogP contribution in [0.1, 0.15) is 59.6 Å². The van der Waals surface area contributed by atoms with Gasteiger partial charge in [0.25, 0.3) is 5.91 Å². The second-order valence-corrected chi connectivity index (χ2v) is 8.24. The standard InChI is InChI=1S/C17H26N2OS/c1-17(2)11-18-9-8-15(17)19-16(20)14-10-12-6-4-3-5-7-13(12)21-14/h10,15,18H,3-9,11H2,1-2H3,(H,19,20). The Balaban J connectivity index is 1.70. The maximum absolute atomic E-state index is 12.6. The van der Waals surface area contributed by atoms with Gasteiger partial charge >= 0.3 is 0 Å². The van der Waals surface area contributed by atoms with Crippen molar-refractivity contribution in [2.45, 2.75) is 58.4 Å². The number of fused-ring (bicyclic) bond motifs is 1. The van der Waals surface area contributed by atoms with Gasteiger partial charge in [0, 0.05) is 17.5 Å². The first-order chi connectivity index (χ1) is 10.1. The van der Waals surface area contributed by atoms with Crippen LogP contribution in [-0.4, -0.2) is 25.0 Å². The molecule has 1 aromatic heterocycles. The van der Waals surface area contributed by atoms with Gasteiger partial charge in [0.15, 0.2) is 0 Å². The highest BCUT2D eigenvalue weighted by Crippen LogP contribution is 2.30. The van der Waals surface area contributed by atoms with Gasteiger partial charge in [0.05, 0.1) is 4.88 Å². The molecule has 3 rings (SSSR count). The van der Waals surface area contributed by atoms with Crippen molar-refractivity contribution in [3.8, 4) is 0 Å². The molecule has 2 heterocycles. The van der Waals surface area contributed by atoms with Gasteiger partial charge in [-0.2, -0.15) is 0 Å². The molecule has 3 nitrogen and oxygen atoms in total. The predicted octanol–water partition coefficient (Wildman–Crippen LogP) is 3.13. The lowest BCUT2D eigenvalue weighted by Gasteiger charge is -2.39. The lowest BCUT2D eigenvalue weighted by molar-refractivity contribution is 0.0872. The van der Waals surface area contributed by atoms with E-state index in [2.05, 4.69) is 30.5 Å². The van der Waals surface area contributed by atoms with E-state index in [9.17, 15) is 4.79 Å². The molecular weight excluding hydrogens is 280 g/mol. The summed E-state index contributed by atoms with van der Waals surface area (Å²) in [5.74, 6) is 0.132. The number of hydrogen-bond donors (Lipinski definition) is 2. The van der Waals surface area contributed by atoms with Crippen molar-refractivity contribution in [1.82, 2.24) is 10.6 Å². The van der Waals surface area contributed by atoms with E-state index in [1.165, 1.54) is 29.7 Å². The number of piperidine rings is 1. The van der Waals surface area contributed by atoms with Crippen molar-refractivity contribution in [2.24, 2.45) is 5.41 Å². The minimum absolute atomic E-state index is 0.127. The first-order valence-electron chi connectivity index (χ1n) is 8.19. The summed E-state index contributed by atoms with van der Waals surface area (Å²) in [7, 11) is 0. The monoisotopic (exact) mass is 306 g/mol. The van der Waals surface area contributed by atoms with Crippen molar-refractivity contribution >= 4 is 17.2 Å². The van der Waals surface area contributed by atoms with E-state index in [1.54, 1.807) is 11.3 Å². The van der Waals surface area contributed by atoms with Crippen molar-refractivity contribution in [3.63, 3.8) is 0 Å². The van der Waals surface area contributed by atoms with Gasteiger partial charge in [-0.1, -0.05) is 20.3 Å². The van der Waals surface area contributed by atoms with Crippen LogP contribution in [-0.2, 0) is 12.8 Å². The zero-order chi connectivity index (χ0) is 14.9. The summed E-state index contributed by atoms with van der Waals surface area (Å²) in [6.07, 6.45) is 7.20. The van der Waals surface area contributed by atoms with Crippen LogP contribution in [0.25, 0.3) is 0 Å². The zero-order valence-electron chi connectivity index (χ0n) is 13.1. The fourth-order valence-corrected chi connectivity index (χ4v) is 4.60. The van der Waals surface area contributed by atoms with E-state index in [1.807, 2.05) is 0 Å². The maximum atomic E-state index is 12.6. The van der Waals surface area contributed by atoms with Gasteiger partial charge < -0.3 is 10.6 Å². The highest BCUT2D eigenvalue weighted by Gasteiger charge is 2.33. The Labute approximate surface area is 131 Å². The van der Waals surface area contributed by atoms with Crippen LogP contribution < -0.4 is 10.6 Å². The van der Waals surface area contributed by atoms with E-state index >= 15 is 0 Å². The average molecular weight is 306 g/mol. The summed E-state index contributed by atoms with van der Waals surface area (Å²) in [5, 5.41) is 6.70. The highest BCUT2D eigenvalue weighted by molar-refractivity contribution is 7.14. The lowest BCUT2D eigenvalue weighted by Crippen LogP contribution is -2.54. The molecule has 2 aliphatic rings. The minimum Gasteiger partial charge on any atom is -0.348 e. The smallest absolute Gasteiger partial charge is 0.261 e. The van der Waals surface area contributed by atoms with Gasteiger partial charge in [0.1, 0.15) is 0 Å². The molecule has 0 radical (unpaired) electrons. The summed E-state index contributed by atoms with van der Waals surface area (Å²) >= 11 is 1.72. The van der Waals surface area contributed by atoms with Crippen molar-refractivity contribution in [3.05, 3.63) is 21.4 Å². The van der Waals surface area contributed by atoms with Gasteiger partial charge in [-0.05, 0) is 55.7 Å². The third-order valence-corrected chi connectivity index (χ3v) is 6.15. The Kier molecular flexibility index (Phi) is 4.36. The first kappa shape index (κ1) is 15.0. The Morgan fingerprint density at radius 2 is 2.14 bits per heavy atom. The summed E-state index contributed by atoms with van der Waals surface area (Å²) in [5.41, 5.74) is 1.55. The minimum atomic E-state index is 0.127. The van der Waals surface area contributed by atoms with E-state index in [4.69, 9.17) is 0 Å². The number of aryl methyl sites for hydroxylation is 2. The van der Waals surface area contributed by atoms with Crippen LogP contribution >= 0.6 is 11.3 Å². The molecule has 0 aromatic carbocycles. The lowest BCUT2D eigenvalue weighted by atomic mass is 9.80. The Morgan fingerprint density at radius 3 is 2.95 bits per heavy atom. The normalized spacial score (nSPS) is 25.0. The van der Waals surface area contributed by atoms with Crippen LogP contribution in [0.2, 0.25) is 0 Å². The molecule has 0 spiro atoms. The Morgan fingerprint density at radius 1 is 1.33 bits per heavy atom. The largest absolute Gasteiger partial charge is 0.348 e. The van der Waals surface area contributed by atoms with E-state index in [0.29, 0.717) is 0 Å². The molecule has 1 fully saturated rings. The number of carbonyl (C=O) groups excluding carboxylic acids is 1. The first-order valence-corrected chi connectivity index (χ1v) is 9.01. The van der Waals surface area contributed by atoms with Crippen LogP contribution in [0, 0.1) is 5.41 Å². The summed E-state index contributed by atoms with van der Waals surface area (Å²) in [6.45, 7) is 6.43. The summed E-state index contributed by atoms with van der Waals surface area (Å²) in [6, 6.07) is 2.42. The quantitative estimate of drug-likeness (QED) is 0.824. The molecule has 21 heavy (non-hydrogen) atoms. The predicted molar refractivity (Wildman–Crippen MR) is 88.1 cm³/mol. The van der Waals surface area contributed by atoms with Gasteiger partial charge in [-0.3, -0.25) is 4.79 Å². The number of rotatable bonds is 2. The van der Waals surface area contributed by atoms with Crippen molar-refractivity contribution in [1.29, 1.82) is 0 Å². The van der Waals surface area contributed by atoms with Crippen LogP contribution in [0.3, 0.4) is 0 Å². The molecular formula is C17H26N2OS. The topological polar surface area (TPSA) is 41.1 Å². The number of carbonyl (C=O) groups is 1. The Hall–Kier alpha value is -0.870. The van der Waals surface area contributed by atoms with E-state index in [0.717, 1.165) is 37.2 Å². The fraction of sp³-hybridized carbons (Fsp3) is 0.706. The molecule has 4 heteroatoms. The molecule has 1 atom stereocenters. The van der Waals surface area contributed by atoms with Gasteiger partial charge in [-0.25, -0.2) is 0 Å². The fourth-order valence-electron chi connectivity index (χ4n) is 3.45. The molecule has 1 amide bonds. The number of thiophene rings is 1. The molecule has 0 bridgehead atoms. The molecule has 1 aromatic rings. The summed E-state index contributed by atoms with van der Waals surface area (Å²) in [4.78, 5) is 14.9. The third-order valence-electron chi connectivity index (χ3n) is 4.91. The Bertz CT molecular complexity index is 497. The van der Waals surface area contributed by atoms with Gasteiger partial charge in [0.2, 0.25) is 0 Å². The SMILES string of the molecule is CC1(C)CNCCC1NC(=O)c1cc2c(s1)CCCCC2. The highest BCUT2D eigenvalue weighted by atomic mass is 32.1. The molecule has 2 N–H and O–H groups in total. The van der Waals surface area contributed by atoms with Crippen molar-refractivity contribution in [2.75, 3.05) is 13.1 Å². The van der Waals surface area contributed by atoms with Crippen molar-refractivity contribution < 1.29 is 4.79 Å². The summed E-state index contributed by atoms with van der Waals surface area (Å²) < 4.78 is 0. The van der Waals surface area contributed by atoms with Gasteiger partial charge in [-0.15, -0.1) is 11.3 Å². The average Bonchev–Trinajstić information content (AvgIpc) is 2.72. The van der Waals surface area contributed by atoms with Crippen LogP contribution in [0.4, 0.5) is 0 Å². The molecule has 1 unspecified atom stereocenters. The van der Waals surface area contributed by atoms with Crippen LogP contribution in [0.5, 0.6) is 0 Å². The number of amides is 1. The molecule has 1 aliphatic carbocycles. The number of hydrogen-bond acceptors (Lipinski definition) is 3. The second-order valence-electron chi connectivity index (χ2n) is 7.10. The molecule has 0 saturated carbocycles. The third kappa shape index (κ3) is 3.32. The molecule has 116 valence electrons. The van der Waals surface area contributed by atoms with E-state index < -0.39 is 0 Å². The zero-order valence-corrected chi connectivity index (χ0v) is 13.9. The van der Waals surface area contributed by atoms with Crippen LogP contribution in [0.15, 0.2) is 6.07 Å². The second kappa shape index (κ2) is 6.09. The van der Waals surface area contributed by atoms with E-state index in [-0.39, 0.29) is 17.4 Å². The molecule has 1 saturated heterocycles. The molecule has 1 aliphatic heterocycles.